The van der Waals surface area contributed by atoms with Crippen molar-refractivity contribution in [2.24, 2.45) is 5.92 Å². The molecule has 0 bridgehead atoms. The van der Waals surface area contributed by atoms with Crippen molar-refractivity contribution < 1.29 is 9.53 Å². The van der Waals surface area contributed by atoms with Crippen molar-refractivity contribution in [2.45, 2.75) is 25.7 Å². The Kier molecular flexibility index (Phi) is 3.15. The molecule has 0 radical (unpaired) electrons. The van der Waals surface area contributed by atoms with E-state index in [1.165, 1.54) is 25.7 Å². The summed E-state index contributed by atoms with van der Waals surface area (Å²) in [6.07, 6.45) is 4.87. The first-order chi connectivity index (χ1) is 9.22. The van der Waals surface area contributed by atoms with Gasteiger partial charge in [-0.25, -0.2) is 4.79 Å². The van der Waals surface area contributed by atoms with E-state index in [1.54, 1.807) is 6.07 Å². The largest absolute Gasteiger partial charge is 0.461 e. The number of nitrogen functional groups attached to an aromatic ring is 1. The van der Waals surface area contributed by atoms with Crippen LogP contribution < -0.4 is 5.73 Å². The number of fused-ring (bicyclic) bond motifs is 1. The van der Waals surface area contributed by atoms with Crippen LogP contribution in [0.1, 0.15) is 36.2 Å². The molecule has 1 aliphatic carbocycles. The standard InChI is InChI=1S/C15H18N2O2/c16-12-5-6-13-11(7-12)8-14(17-13)15(18)19-9-10-3-1-2-4-10/h5-8,10,17H,1-4,9,16H2. The molecule has 1 saturated carbocycles. The summed E-state index contributed by atoms with van der Waals surface area (Å²) in [5.41, 5.74) is 7.82. The maximum atomic E-state index is 12.0. The highest BCUT2D eigenvalue weighted by molar-refractivity contribution is 5.95. The van der Waals surface area contributed by atoms with Gasteiger partial charge < -0.3 is 15.5 Å². The molecule has 0 saturated heterocycles. The van der Waals surface area contributed by atoms with Crippen LogP contribution in [0.25, 0.3) is 10.9 Å². The van der Waals surface area contributed by atoms with Gasteiger partial charge in [0.25, 0.3) is 0 Å². The fraction of sp³-hybridized carbons (Fsp3) is 0.400. The van der Waals surface area contributed by atoms with Crippen LogP contribution in [0.3, 0.4) is 0 Å². The lowest BCUT2D eigenvalue weighted by molar-refractivity contribution is 0.0437. The van der Waals surface area contributed by atoms with Crippen molar-refractivity contribution in [1.29, 1.82) is 0 Å². The van der Waals surface area contributed by atoms with Gasteiger partial charge in [0, 0.05) is 16.6 Å². The molecule has 3 N–H and O–H groups in total. The quantitative estimate of drug-likeness (QED) is 0.656. The number of carbonyl (C=O) groups is 1. The number of carbonyl (C=O) groups excluding carboxylic acids is 1. The summed E-state index contributed by atoms with van der Waals surface area (Å²) in [7, 11) is 0. The first kappa shape index (κ1) is 12.1. The summed E-state index contributed by atoms with van der Waals surface area (Å²) in [6.45, 7) is 0.538. The second-order valence-corrected chi connectivity index (χ2v) is 5.28. The van der Waals surface area contributed by atoms with Gasteiger partial charge >= 0.3 is 5.97 Å². The van der Waals surface area contributed by atoms with Crippen LogP contribution in [0.4, 0.5) is 5.69 Å². The number of hydrogen-bond acceptors (Lipinski definition) is 3. The van der Waals surface area contributed by atoms with Gasteiger partial charge in [-0.3, -0.25) is 0 Å². The molecule has 3 rings (SSSR count). The average molecular weight is 258 g/mol. The fourth-order valence-electron chi connectivity index (χ4n) is 2.71. The highest BCUT2D eigenvalue weighted by atomic mass is 16.5. The number of nitrogens with two attached hydrogens (primary N) is 1. The highest BCUT2D eigenvalue weighted by Gasteiger charge is 2.18. The van der Waals surface area contributed by atoms with Crippen LogP contribution in [-0.4, -0.2) is 17.6 Å². The number of anilines is 1. The van der Waals surface area contributed by atoms with E-state index >= 15 is 0 Å². The fourth-order valence-corrected chi connectivity index (χ4v) is 2.71. The van der Waals surface area contributed by atoms with E-state index in [9.17, 15) is 4.79 Å². The van der Waals surface area contributed by atoms with Crippen molar-refractivity contribution in [3.8, 4) is 0 Å². The first-order valence-corrected chi connectivity index (χ1v) is 6.78. The zero-order chi connectivity index (χ0) is 13.2. The lowest BCUT2D eigenvalue weighted by atomic mass is 10.1. The van der Waals surface area contributed by atoms with E-state index in [2.05, 4.69) is 4.98 Å². The number of rotatable bonds is 3. The summed E-state index contributed by atoms with van der Waals surface area (Å²) in [5.74, 6) is 0.269. The number of aromatic amines is 1. The summed E-state index contributed by atoms with van der Waals surface area (Å²) >= 11 is 0. The van der Waals surface area contributed by atoms with Crippen LogP contribution >= 0.6 is 0 Å². The Hall–Kier alpha value is -1.97. The van der Waals surface area contributed by atoms with E-state index in [-0.39, 0.29) is 5.97 Å². The van der Waals surface area contributed by atoms with Crippen molar-refractivity contribution in [3.05, 3.63) is 30.0 Å². The number of esters is 1. The number of ether oxygens (including phenoxy) is 1. The Morgan fingerprint density at radius 2 is 2.11 bits per heavy atom. The first-order valence-electron chi connectivity index (χ1n) is 6.78. The van der Waals surface area contributed by atoms with Gasteiger partial charge in [0.1, 0.15) is 5.69 Å². The molecular weight excluding hydrogens is 240 g/mol. The minimum atomic E-state index is -0.276. The van der Waals surface area contributed by atoms with E-state index in [1.807, 2.05) is 18.2 Å². The summed E-state index contributed by atoms with van der Waals surface area (Å²) in [4.78, 5) is 15.0. The summed E-state index contributed by atoms with van der Waals surface area (Å²) in [6, 6.07) is 7.33. The van der Waals surface area contributed by atoms with Crippen molar-refractivity contribution in [1.82, 2.24) is 4.98 Å². The summed E-state index contributed by atoms with van der Waals surface area (Å²) in [5, 5.41) is 0.938. The van der Waals surface area contributed by atoms with Gasteiger partial charge in [0.05, 0.1) is 6.61 Å². The smallest absolute Gasteiger partial charge is 0.354 e. The molecule has 0 aliphatic heterocycles. The van der Waals surface area contributed by atoms with Gasteiger partial charge in [-0.2, -0.15) is 0 Å². The Morgan fingerprint density at radius 1 is 1.32 bits per heavy atom. The molecule has 1 aromatic heterocycles. The zero-order valence-electron chi connectivity index (χ0n) is 10.8. The third-order valence-electron chi connectivity index (χ3n) is 3.79. The van der Waals surface area contributed by atoms with Crippen molar-refractivity contribution >= 4 is 22.6 Å². The zero-order valence-corrected chi connectivity index (χ0v) is 10.8. The molecule has 100 valence electrons. The molecule has 0 amide bonds. The predicted molar refractivity (Wildman–Crippen MR) is 75.0 cm³/mol. The maximum absolute atomic E-state index is 12.0. The average Bonchev–Trinajstić information content (AvgIpc) is 3.04. The minimum Gasteiger partial charge on any atom is -0.461 e. The van der Waals surface area contributed by atoms with Crippen LogP contribution in [0, 0.1) is 5.92 Å². The Morgan fingerprint density at radius 3 is 2.89 bits per heavy atom. The molecule has 1 heterocycles. The Balaban J connectivity index is 1.70. The normalized spacial score (nSPS) is 16.0. The molecule has 1 aromatic carbocycles. The number of aromatic nitrogens is 1. The van der Waals surface area contributed by atoms with Crippen LogP contribution in [-0.2, 0) is 4.74 Å². The van der Waals surface area contributed by atoms with Gasteiger partial charge in [-0.15, -0.1) is 0 Å². The molecule has 19 heavy (non-hydrogen) atoms. The number of H-pyrrole nitrogens is 1. The maximum Gasteiger partial charge on any atom is 0.354 e. The van der Waals surface area contributed by atoms with E-state index in [0.717, 1.165) is 10.9 Å². The van der Waals surface area contributed by atoms with Gasteiger partial charge in [-0.1, -0.05) is 12.8 Å². The van der Waals surface area contributed by atoms with E-state index in [4.69, 9.17) is 10.5 Å². The monoisotopic (exact) mass is 258 g/mol. The van der Waals surface area contributed by atoms with E-state index < -0.39 is 0 Å². The second-order valence-electron chi connectivity index (χ2n) is 5.28. The lowest BCUT2D eigenvalue weighted by Gasteiger charge is -2.08. The predicted octanol–water partition coefficient (Wildman–Crippen LogP) is 3.10. The Bertz CT molecular complexity index is 597. The molecule has 2 aromatic rings. The second kappa shape index (κ2) is 4.96. The lowest BCUT2D eigenvalue weighted by Crippen LogP contribution is -2.12. The van der Waals surface area contributed by atoms with Crippen LogP contribution in [0.5, 0.6) is 0 Å². The van der Waals surface area contributed by atoms with Crippen LogP contribution in [0.15, 0.2) is 24.3 Å². The highest BCUT2D eigenvalue weighted by Crippen LogP contribution is 2.25. The summed E-state index contributed by atoms with van der Waals surface area (Å²) < 4.78 is 5.37. The number of hydrogen-bond donors (Lipinski definition) is 2. The molecule has 4 nitrogen and oxygen atoms in total. The number of nitrogens with one attached hydrogen (secondary N) is 1. The third-order valence-corrected chi connectivity index (χ3v) is 3.79. The van der Waals surface area contributed by atoms with Crippen molar-refractivity contribution in [2.75, 3.05) is 12.3 Å². The number of benzene rings is 1. The third kappa shape index (κ3) is 2.57. The van der Waals surface area contributed by atoms with Gasteiger partial charge in [0.15, 0.2) is 0 Å². The molecule has 4 heteroatoms. The molecular formula is C15H18N2O2. The molecule has 1 fully saturated rings. The van der Waals surface area contributed by atoms with Crippen LogP contribution in [0.2, 0.25) is 0 Å². The van der Waals surface area contributed by atoms with Crippen molar-refractivity contribution in [3.63, 3.8) is 0 Å². The van der Waals surface area contributed by atoms with E-state index in [0.29, 0.717) is 23.9 Å². The van der Waals surface area contributed by atoms with Gasteiger partial charge in [0.2, 0.25) is 0 Å². The SMILES string of the molecule is Nc1ccc2[nH]c(C(=O)OCC3CCCC3)cc2c1. The van der Waals surface area contributed by atoms with Gasteiger partial charge in [-0.05, 0) is 43.0 Å². The Labute approximate surface area is 111 Å². The minimum absolute atomic E-state index is 0.276. The topological polar surface area (TPSA) is 68.1 Å². The molecule has 0 spiro atoms. The molecule has 0 unspecified atom stereocenters. The molecule has 1 aliphatic rings. The molecule has 0 atom stereocenters.